The van der Waals surface area contributed by atoms with E-state index < -0.39 is 11.4 Å². The molecule has 1 aromatic heterocycles. The van der Waals surface area contributed by atoms with E-state index >= 15 is 0 Å². The average Bonchev–Trinajstić information content (AvgIpc) is 2.66. The highest BCUT2D eigenvalue weighted by Gasteiger charge is 2.18. The SMILES string of the molecule is CC(C)(C#N)CCOc1ccsc1C(=O)O. The molecule has 86 valence electrons. The normalized spacial score (nSPS) is 10.8. The average molecular weight is 239 g/mol. The van der Waals surface area contributed by atoms with Crippen molar-refractivity contribution in [3.8, 4) is 11.8 Å². The third-order valence-corrected chi connectivity index (χ3v) is 2.99. The molecule has 0 unspecified atom stereocenters. The van der Waals surface area contributed by atoms with E-state index in [-0.39, 0.29) is 4.88 Å². The van der Waals surface area contributed by atoms with Crippen LogP contribution in [0.25, 0.3) is 0 Å². The Morgan fingerprint density at radius 1 is 1.69 bits per heavy atom. The molecule has 0 aromatic carbocycles. The van der Waals surface area contributed by atoms with Crippen molar-refractivity contribution in [2.24, 2.45) is 5.41 Å². The maximum atomic E-state index is 10.8. The van der Waals surface area contributed by atoms with Gasteiger partial charge in [-0.15, -0.1) is 11.3 Å². The van der Waals surface area contributed by atoms with Crippen LogP contribution in [0.5, 0.6) is 5.75 Å². The highest BCUT2D eigenvalue weighted by atomic mass is 32.1. The van der Waals surface area contributed by atoms with Crippen LogP contribution in [0.3, 0.4) is 0 Å². The summed E-state index contributed by atoms with van der Waals surface area (Å²) in [5.41, 5.74) is -0.445. The smallest absolute Gasteiger partial charge is 0.349 e. The highest BCUT2D eigenvalue weighted by Crippen LogP contribution is 2.26. The molecular formula is C11H13NO3S. The second-order valence-corrected chi connectivity index (χ2v) is 4.93. The first kappa shape index (κ1) is 12.5. The van der Waals surface area contributed by atoms with Crippen LogP contribution in [0.15, 0.2) is 11.4 Å². The molecule has 1 N–H and O–H groups in total. The van der Waals surface area contributed by atoms with Gasteiger partial charge >= 0.3 is 5.97 Å². The number of nitrogens with zero attached hydrogens (tertiary/aromatic N) is 1. The fourth-order valence-corrected chi connectivity index (χ4v) is 1.71. The molecule has 0 bridgehead atoms. The molecule has 1 aromatic rings. The first-order chi connectivity index (χ1) is 7.46. The number of thiophene rings is 1. The Kier molecular flexibility index (Phi) is 3.91. The summed E-state index contributed by atoms with van der Waals surface area (Å²) in [6, 6.07) is 3.80. The topological polar surface area (TPSA) is 70.3 Å². The van der Waals surface area contributed by atoms with Gasteiger partial charge in [0.1, 0.15) is 5.75 Å². The van der Waals surface area contributed by atoms with Crippen LogP contribution < -0.4 is 4.74 Å². The molecule has 0 aliphatic carbocycles. The quantitative estimate of drug-likeness (QED) is 0.857. The van der Waals surface area contributed by atoms with Crippen LogP contribution in [0, 0.1) is 16.7 Å². The molecular weight excluding hydrogens is 226 g/mol. The van der Waals surface area contributed by atoms with Crippen molar-refractivity contribution in [3.05, 3.63) is 16.3 Å². The van der Waals surface area contributed by atoms with E-state index in [0.29, 0.717) is 18.8 Å². The molecule has 0 saturated heterocycles. The third kappa shape index (κ3) is 3.24. The summed E-state index contributed by atoms with van der Waals surface area (Å²) in [5, 5.41) is 19.3. The summed E-state index contributed by atoms with van der Waals surface area (Å²) in [6.07, 6.45) is 0.568. The van der Waals surface area contributed by atoms with Crippen LogP contribution in [0.4, 0.5) is 0 Å². The van der Waals surface area contributed by atoms with Gasteiger partial charge in [0.2, 0.25) is 0 Å². The molecule has 1 rings (SSSR count). The van der Waals surface area contributed by atoms with E-state index in [1.807, 2.05) is 13.8 Å². The largest absolute Gasteiger partial charge is 0.492 e. The van der Waals surface area contributed by atoms with Gasteiger partial charge in [-0.2, -0.15) is 5.26 Å². The molecule has 1 heterocycles. The Hall–Kier alpha value is -1.54. The van der Waals surface area contributed by atoms with E-state index in [9.17, 15) is 4.79 Å². The second-order valence-electron chi connectivity index (χ2n) is 4.01. The molecule has 0 fully saturated rings. The van der Waals surface area contributed by atoms with Gasteiger partial charge in [0.15, 0.2) is 4.88 Å². The number of ether oxygens (including phenoxy) is 1. The number of nitriles is 1. The molecule has 16 heavy (non-hydrogen) atoms. The lowest BCUT2D eigenvalue weighted by molar-refractivity contribution is 0.0697. The Morgan fingerprint density at radius 2 is 2.38 bits per heavy atom. The van der Waals surface area contributed by atoms with Crippen molar-refractivity contribution in [2.45, 2.75) is 20.3 Å². The maximum Gasteiger partial charge on any atom is 0.349 e. The van der Waals surface area contributed by atoms with Gasteiger partial charge in [-0.05, 0) is 31.7 Å². The van der Waals surface area contributed by atoms with Gasteiger partial charge in [-0.1, -0.05) is 0 Å². The fourth-order valence-electron chi connectivity index (χ4n) is 1.04. The molecule has 4 nitrogen and oxygen atoms in total. The summed E-state index contributed by atoms with van der Waals surface area (Å²) in [4.78, 5) is 11.0. The minimum atomic E-state index is -0.982. The predicted molar refractivity (Wildman–Crippen MR) is 60.8 cm³/mol. The molecule has 0 aliphatic rings. The third-order valence-electron chi connectivity index (χ3n) is 2.11. The molecule has 0 spiro atoms. The fraction of sp³-hybridized carbons (Fsp3) is 0.455. The summed E-state index contributed by atoms with van der Waals surface area (Å²) >= 11 is 1.13. The van der Waals surface area contributed by atoms with Crippen LogP contribution in [0.1, 0.15) is 29.9 Å². The Bertz CT molecular complexity index is 417. The van der Waals surface area contributed by atoms with Crippen molar-refractivity contribution in [1.29, 1.82) is 5.26 Å². The van der Waals surface area contributed by atoms with E-state index in [2.05, 4.69) is 6.07 Å². The number of rotatable bonds is 5. The zero-order valence-electron chi connectivity index (χ0n) is 9.19. The molecule has 5 heteroatoms. The number of carboxylic acid groups (broad SMARTS) is 1. The predicted octanol–water partition coefficient (Wildman–Crippen LogP) is 2.76. The number of hydrogen-bond donors (Lipinski definition) is 1. The van der Waals surface area contributed by atoms with E-state index in [1.54, 1.807) is 11.4 Å². The van der Waals surface area contributed by atoms with Gasteiger partial charge in [-0.25, -0.2) is 4.79 Å². The van der Waals surface area contributed by atoms with Crippen LogP contribution in [0.2, 0.25) is 0 Å². The van der Waals surface area contributed by atoms with Gasteiger partial charge in [-0.3, -0.25) is 0 Å². The zero-order chi connectivity index (χ0) is 12.2. The second kappa shape index (κ2) is 4.99. The number of aromatic carboxylic acids is 1. The summed E-state index contributed by atoms with van der Waals surface area (Å²) in [5.74, 6) is -0.601. The van der Waals surface area contributed by atoms with E-state index in [0.717, 1.165) is 11.3 Å². The van der Waals surface area contributed by atoms with Crippen LogP contribution in [-0.4, -0.2) is 17.7 Å². The highest BCUT2D eigenvalue weighted by molar-refractivity contribution is 7.12. The first-order valence-electron chi connectivity index (χ1n) is 4.81. The van der Waals surface area contributed by atoms with Crippen LogP contribution in [-0.2, 0) is 0 Å². The van der Waals surface area contributed by atoms with Crippen molar-refractivity contribution in [1.82, 2.24) is 0 Å². The van der Waals surface area contributed by atoms with Crippen molar-refractivity contribution in [3.63, 3.8) is 0 Å². The summed E-state index contributed by atoms with van der Waals surface area (Å²) in [6.45, 7) is 3.99. The lowest BCUT2D eigenvalue weighted by Crippen LogP contribution is -2.13. The Morgan fingerprint density at radius 3 is 2.94 bits per heavy atom. The monoisotopic (exact) mass is 239 g/mol. The van der Waals surface area contributed by atoms with Gasteiger partial charge in [0.05, 0.1) is 18.1 Å². The summed E-state index contributed by atoms with van der Waals surface area (Å²) in [7, 11) is 0. The minimum absolute atomic E-state index is 0.203. The standard InChI is InChI=1S/C11H13NO3S/c1-11(2,7-12)4-5-15-8-3-6-16-9(8)10(13)14/h3,6H,4-5H2,1-2H3,(H,13,14). The molecule has 0 saturated carbocycles. The summed E-state index contributed by atoms with van der Waals surface area (Å²) < 4.78 is 5.35. The maximum absolute atomic E-state index is 10.8. The molecule has 0 atom stereocenters. The van der Waals surface area contributed by atoms with Crippen molar-refractivity contribution < 1.29 is 14.6 Å². The lowest BCUT2D eigenvalue weighted by Gasteiger charge is -2.14. The Labute approximate surface area is 98.1 Å². The van der Waals surface area contributed by atoms with Crippen molar-refractivity contribution >= 4 is 17.3 Å². The number of hydrogen-bond acceptors (Lipinski definition) is 4. The number of carbonyl (C=O) groups is 1. The van der Waals surface area contributed by atoms with Gasteiger partial charge in [0, 0.05) is 0 Å². The van der Waals surface area contributed by atoms with E-state index in [1.165, 1.54) is 0 Å². The Balaban J connectivity index is 2.53. The zero-order valence-corrected chi connectivity index (χ0v) is 10.0. The lowest BCUT2D eigenvalue weighted by atomic mass is 9.92. The number of carboxylic acids is 1. The van der Waals surface area contributed by atoms with Gasteiger partial charge < -0.3 is 9.84 Å². The minimum Gasteiger partial charge on any atom is -0.492 e. The van der Waals surface area contributed by atoms with Crippen molar-refractivity contribution in [2.75, 3.05) is 6.61 Å². The molecule has 0 amide bonds. The van der Waals surface area contributed by atoms with Gasteiger partial charge in [0.25, 0.3) is 0 Å². The molecule has 0 aliphatic heterocycles. The van der Waals surface area contributed by atoms with E-state index in [4.69, 9.17) is 15.1 Å². The van der Waals surface area contributed by atoms with Crippen LogP contribution >= 0.6 is 11.3 Å². The molecule has 0 radical (unpaired) electrons. The first-order valence-corrected chi connectivity index (χ1v) is 5.69.